The van der Waals surface area contributed by atoms with E-state index in [0.717, 1.165) is 4.90 Å². The molecule has 8 nitrogen and oxygen atoms in total. The molecule has 4 N–H and O–H groups in total. The van der Waals surface area contributed by atoms with Crippen LogP contribution in [0.5, 0.6) is 0 Å². The van der Waals surface area contributed by atoms with Crippen LogP contribution in [0.1, 0.15) is 12.8 Å². The van der Waals surface area contributed by atoms with Crippen molar-refractivity contribution in [3.63, 3.8) is 0 Å². The molecule has 8 heteroatoms. The minimum atomic E-state index is -0.899. The van der Waals surface area contributed by atoms with Gasteiger partial charge in [0.05, 0.1) is 0 Å². The van der Waals surface area contributed by atoms with Gasteiger partial charge in [0.15, 0.2) is 0 Å². The van der Waals surface area contributed by atoms with Crippen molar-refractivity contribution in [3.05, 3.63) is 0 Å². The lowest BCUT2D eigenvalue weighted by Gasteiger charge is -2.30. The van der Waals surface area contributed by atoms with Crippen LogP contribution >= 0.6 is 0 Å². The molecule has 2 aliphatic heterocycles. The zero-order chi connectivity index (χ0) is 12.5. The van der Waals surface area contributed by atoms with Gasteiger partial charge in [0.25, 0.3) is 11.8 Å². The fraction of sp³-hybridized carbons (Fsp3) is 0.667. The molecule has 2 rings (SSSR count). The molecule has 2 fully saturated rings. The molecule has 94 valence electrons. The Labute approximate surface area is 97.4 Å². The van der Waals surface area contributed by atoms with Crippen LogP contribution in [-0.2, 0) is 14.3 Å². The van der Waals surface area contributed by atoms with E-state index >= 15 is 0 Å². The number of amides is 4. The first-order chi connectivity index (χ1) is 8.09. The average Bonchev–Trinajstić information content (AvgIpc) is 2.55. The number of rotatable bonds is 2. The van der Waals surface area contributed by atoms with Crippen molar-refractivity contribution < 1.29 is 19.1 Å². The average molecular weight is 242 g/mol. The van der Waals surface area contributed by atoms with Crippen molar-refractivity contribution in [2.24, 2.45) is 5.84 Å². The van der Waals surface area contributed by atoms with Crippen molar-refractivity contribution in [1.82, 2.24) is 15.6 Å². The van der Waals surface area contributed by atoms with Gasteiger partial charge in [0.2, 0.25) is 0 Å². The van der Waals surface area contributed by atoms with Crippen LogP contribution in [-0.4, -0.2) is 48.0 Å². The highest BCUT2D eigenvalue weighted by Crippen LogP contribution is 2.28. The van der Waals surface area contributed by atoms with Crippen molar-refractivity contribution in [1.29, 1.82) is 0 Å². The molecule has 2 saturated heterocycles. The van der Waals surface area contributed by atoms with Gasteiger partial charge in [-0.2, -0.15) is 0 Å². The lowest BCUT2D eigenvalue weighted by atomic mass is 9.90. The molecule has 0 bridgehead atoms. The number of ether oxygens (including phenoxy) is 1. The lowest BCUT2D eigenvalue weighted by Crippen LogP contribution is -2.51. The van der Waals surface area contributed by atoms with Crippen LogP contribution in [0.25, 0.3) is 0 Å². The monoisotopic (exact) mass is 242 g/mol. The summed E-state index contributed by atoms with van der Waals surface area (Å²) in [6, 6.07) is -0.555. The molecule has 0 atom stereocenters. The number of carbonyl (C=O) groups excluding carboxylic acids is 3. The molecule has 4 amide bonds. The molecule has 17 heavy (non-hydrogen) atoms. The third-order valence-electron chi connectivity index (χ3n) is 3.05. The van der Waals surface area contributed by atoms with Gasteiger partial charge in [-0.1, -0.05) is 0 Å². The number of urea groups is 1. The van der Waals surface area contributed by atoms with Crippen molar-refractivity contribution >= 4 is 17.8 Å². The van der Waals surface area contributed by atoms with E-state index in [2.05, 4.69) is 5.32 Å². The van der Waals surface area contributed by atoms with E-state index in [1.54, 1.807) is 0 Å². The Balaban J connectivity index is 2.13. The maximum absolute atomic E-state index is 12.1. The quantitative estimate of drug-likeness (QED) is 0.226. The van der Waals surface area contributed by atoms with Crippen LogP contribution in [0.4, 0.5) is 4.79 Å². The van der Waals surface area contributed by atoms with Crippen molar-refractivity contribution in [3.8, 4) is 0 Å². The second kappa shape index (κ2) is 4.30. The minimum absolute atomic E-state index is 0.357. The lowest BCUT2D eigenvalue weighted by molar-refractivity contribution is -0.137. The number of nitrogens with zero attached hydrogens (tertiary/aromatic N) is 1. The smallest absolute Gasteiger partial charge is 0.325 e. The number of nitrogens with two attached hydrogens (primary N) is 1. The third kappa shape index (κ3) is 1.96. The predicted molar refractivity (Wildman–Crippen MR) is 55.4 cm³/mol. The number of imide groups is 1. The van der Waals surface area contributed by atoms with E-state index in [9.17, 15) is 14.4 Å². The molecule has 2 aliphatic rings. The van der Waals surface area contributed by atoms with E-state index in [1.165, 1.54) is 0 Å². The second-order valence-corrected chi connectivity index (χ2v) is 4.08. The number of hydrogen-bond acceptors (Lipinski definition) is 5. The zero-order valence-corrected chi connectivity index (χ0v) is 9.19. The highest BCUT2D eigenvalue weighted by molar-refractivity contribution is 6.09. The normalized spacial score (nSPS) is 22.8. The maximum Gasteiger partial charge on any atom is 0.325 e. The first kappa shape index (κ1) is 11.8. The van der Waals surface area contributed by atoms with E-state index in [-0.39, 0.29) is 12.5 Å². The van der Waals surface area contributed by atoms with E-state index in [1.807, 2.05) is 5.43 Å². The molecule has 0 unspecified atom stereocenters. The molecule has 0 saturated carbocycles. The zero-order valence-electron chi connectivity index (χ0n) is 9.19. The van der Waals surface area contributed by atoms with E-state index in [4.69, 9.17) is 10.6 Å². The van der Waals surface area contributed by atoms with Gasteiger partial charge >= 0.3 is 6.03 Å². The molecule has 0 aromatic rings. The van der Waals surface area contributed by atoms with E-state index < -0.39 is 17.5 Å². The molecular formula is C9H14N4O4. The Morgan fingerprint density at radius 1 is 1.47 bits per heavy atom. The summed E-state index contributed by atoms with van der Waals surface area (Å²) in [6.07, 6.45) is 0.858. The van der Waals surface area contributed by atoms with E-state index in [0.29, 0.717) is 26.1 Å². The maximum atomic E-state index is 12.1. The summed E-state index contributed by atoms with van der Waals surface area (Å²) in [5, 5.41) is 2.64. The summed E-state index contributed by atoms with van der Waals surface area (Å²) in [5.74, 6) is 3.96. The number of nitrogens with one attached hydrogen (secondary N) is 2. The van der Waals surface area contributed by atoms with Crippen LogP contribution in [0.3, 0.4) is 0 Å². The standard InChI is InChI=1S/C9H14N4O4/c10-12-6(14)5-13-7(15)9(11-8(13)16)1-3-17-4-2-9/h1-5,10H2,(H,11,16)(H,12,14). The molecular weight excluding hydrogens is 228 g/mol. The van der Waals surface area contributed by atoms with Gasteiger partial charge in [-0.15, -0.1) is 0 Å². The number of hydrazine groups is 1. The largest absolute Gasteiger partial charge is 0.381 e. The van der Waals surface area contributed by atoms with Crippen molar-refractivity contribution in [2.45, 2.75) is 18.4 Å². The Hall–Kier alpha value is -1.67. The van der Waals surface area contributed by atoms with Gasteiger partial charge in [-0.25, -0.2) is 10.6 Å². The minimum Gasteiger partial charge on any atom is -0.381 e. The molecule has 0 aliphatic carbocycles. The molecule has 0 aromatic carbocycles. The summed E-state index contributed by atoms with van der Waals surface area (Å²) < 4.78 is 5.16. The summed E-state index contributed by atoms with van der Waals surface area (Å²) in [6.45, 7) is 0.482. The molecule has 0 aromatic heterocycles. The van der Waals surface area contributed by atoms with Gasteiger partial charge in [-0.3, -0.25) is 19.9 Å². The number of hydrogen-bond donors (Lipinski definition) is 3. The summed E-state index contributed by atoms with van der Waals surface area (Å²) >= 11 is 0. The van der Waals surface area contributed by atoms with Gasteiger partial charge in [0.1, 0.15) is 12.1 Å². The highest BCUT2D eigenvalue weighted by atomic mass is 16.5. The SMILES string of the molecule is NNC(=O)CN1C(=O)NC2(CCOCC2)C1=O. The Morgan fingerprint density at radius 3 is 2.71 bits per heavy atom. The summed E-state index contributed by atoms with van der Waals surface area (Å²) in [4.78, 5) is 35.7. The van der Waals surface area contributed by atoms with Gasteiger partial charge < -0.3 is 10.1 Å². The van der Waals surface area contributed by atoms with Gasteiger partial charge in [0, 0.05) is 26.1 Å². The Kier molecular flexibility index (Phi) is 2.99. The van der Waals surface area contributed by atoms with Gasteiger partial charge in [-0.05, 0) is 0 Å². The van der Waals surface area contributed by atoms with Crippen LogP contribution in [0.2, 0.25) is 0 Å². The van der Waals surface area contributed by atoms with Crippen LogP contribution in [0.15, 0.2) is 0 Å². The summed E-state index contributed by atoms with van der Waals surface area (Å²) in [5.41, 5.74) is 0.988. The Morgan fingerprint density at radius 2 is 2.12 bits per heavy atom. The molecule has 0 radical (unpaired) electrons. The number of carbonyl (C=O) groups is 3. The third-order valence-corrected chi connectivity index (χ3v) is 3.05. The first-order valence-electron chi connectivity index (χ1n) is 5.30. The van der Waals surface area contributed by atoms with Crippen molar-refractivity contribution in [2.75, 3.05) is 19.8 Å². The molecule has 2 heterocycles. The Bertz CT molecular complexity index is 364. The topological polar surface area (TPSA) is 114 Å². The predicted octanol–water partition coefficient (Wildman–Crippen LogP) is -1.92. The van der Waals surface area contributed by atoms with Crippen LogP contribution < -0.4 is 16.6 Å². The molecule has 1 spiro atoms. The first-order valence-corrected chi connectivity index (χ1v) is 5.30. The second-order valence-electron chi connectivity index (χ2n) is 4.08. The van der Waals surface area contributed by atoms with Crippen LogP contribution in [0, 0.1) is 0 Å². The fourth-order valence-corrected chi connectivity index (χ4v) is 2.07. The highest BCUT2D eigenvalue weighted by Gasteiger charge is 2.52. The fourth-order valence-electron chi connectivity index (χ4n) is 2.07. The summed E-state index contributed by atoms with van der Waals surface area (Å²) in [7, 11) is 0.